The molecule has 0 heterocycles. The van der Waals surface area contributed by atoms with E-state index in [1.54, 1.807) is 25.1 Å². The number of hydrogen-bond donors (Lipinski definition) is 1. The molecule has 0 aliphatic rings. The normalized spacial score (nSPS) is 11.8. The van der Waals surface area contributed by atoms with Gasteiger partial charge in [0.25, 0.3) is 5.91 Å². The zero-order valence-corrected chi connectivity index (χ0v) is 13.9. The highest BCUT2D eigenvalue weighted by molar-refractivity contribution is 6.35. The van der Waals surface area contributed by atoms with Crippen molar-refractivity contribution in [2.24, 2.45) is 0 Å². The van der Waals surface area contributed by atoms with E-state index in [9.17, 15) is 4.79 Å². The molecule has 0 radical (unpaired) electrons. The van der Waals surface area contributed by atoms with Crippen LogP contribution in [0.3, 0.4) is 0 Å². The smallest absolute Gasteiger partial charge is 0.261 e. The van der Waals surface area contributed by atoms with Gasteiger partial charge < -0.3 is 10.1 Å². The van der Waals surface area contributed by atoms with Crippen LogP contribution in [0.15, 0.2) is 42.5 Å². The number of benzene rings is 2. The molecule has 116 valence electrons. The predicted octanol–water partition coefficient (Wildman–Crippen LogP) is 4.39. The van der Waals surface area contributed by atoms with Gasteiger partial charge in [0.05, 0.1) is 0 Å². The third-order valence-electron chi connectivity index (χ3n) is 3.14. The number of amides is 1. The fourth-order valence-electron chi connectivity index (χ4n) is 1.94. The minimum absolute atomic E-state index is 0.201. The fraction of sp³-hybridized carbons (Fsp3) is 0.235. The molecule has 0 unspecified atom stereocenters. The maximum atomic E-state index is 12.1. The van der Waals surface area contributed by atoms with Gasteiger partial charge in [-0.15, -0.1) is 0 Å². The molecule has 22 heavy (non-hydrogen) atoms. The van der Waals surface area contributed by atoms with Crippen molar-refractivity contribution in [2.75, 3.05) is 0 Å². The first-order valence-electron chi connectivity index (χ1n) is 6.90. The first kappa shape index (κ1) is 16.7. The lowest BCUT2D eigenvalue weighted by Crippen LogP contribution is -2.35. The molecule has 5 heteroatoms. The summed E-state index contributed by atoms with van der Waals surface area (Å²) in [6.45, 7) is 4.01. The summed E-state index contributed by atoms with van der Waals surface area (Å²) in [6.07, 6.45) is -0.590. The molecule has 0 bridgehead atoms. The van der Waals surface area contributed by atoms with Crippen LogP contribution in [-0.4, -0.2) is 12.0 Å². The molecule has 0 saturated carbocycles. The summed E-state index contributed by atoms with van der Waals surface area (Å²) >= 11 is 11.9. The average Bonchev–Trinajstić information content (AvgIpc) is 2.46. The molecule has 1 atom stereocenters. The molecule has 3 nitrogen and oxygen atoms in total. The summed E-state index contributed by atoms with van der Waals surface area (Å²) in [5.41, 5.74) is 1.89. The van der Waals surface area contributed by atoms with Crippen LogP contribution in [0.4, 0.5) is 0 Å². The van der Waals surface area contributed by atoms with Gasteiger partial charge in [0.2, 0.25) is 0 Å². The van der Waals surface area contributed by atoms with Crippen LogP contribution in [-0.2, 0) is 11.3 Å². The SMILES string of the molecule is Cc1cccc(O[C@H](C)C(=O)NCc2ccc(Cl)cc2Cl)c1. The Morgan fingerprint density at radius 3 is 2.68 bits per heavy atom. The second-order valence-electron chi connectivity index (χ2n) is 5.03. The van der Waals surface area contributed by atoms with E-state index in [-0.39, 0.29) is 5.91 Å². The topological polar surface area (TPSA) is 38.3 Å². The number of rotatable bonds is 5. The van der Waals surface area contributed by atoms with Crippen LogP contribution in [0.5, 0.6) is 5.75 Å². The van der Waals surface area contributed by atoms with E-state index in [1.807, 2.05) is 31.2 Å². The molecule has 0 fully saturated rings. The molecule has 2 rings (SSSR count). The van der Waals surface area contributed by atoms with Crippen LogP contribution >= 0.6 is 23.2 Å². The summed E-state index contributed by atoms with van der Waals surface area (Å²) in [6, 6.07) is 12.8. The predicted molar refractivity (Wildman–Crippen MR) is 89.6 cm³/mol. The zero-order valence-electron chi connectivity index (χ0n) is 12.4. The highest BCUT2D eigenvalue weighted by Crippen LogP contribution is 2.21. The summed E-state index contributed by atoms with van der Waals surface area (Å²) in [7, 11) is 0. The second kappa shape index (κ2) is 7.52. The second-order valence-corrected chi connectivity index (χ2v) is 5.87. The molecule has 0 aliphatic carbocycles. The number of halogens is 2. The third kappa shape index (κ3) is 4.65. The Labute approximate surface area is 140 Å². The van der Waals surface area contributed by atoms with Crippen LogP contribution < -0.4 is 10.1 Å². The van der Waals surface area contributed by atoms with Gasteiger partial charge in [0.1, 0.15) is 5.75 Å². The van der Waals surface area contributed by atoms with Gasteiger partial charge in [-0.1, -0.05) is 41.4 Å². The first-order valence-corrected chi connectivity index (χ1v) is 7.66. The van der Waals surface area contributed by atoms with Crippen LogP contribution in [0, 0.1) is 6.92 Å². The van der Waals surface area contributed by atoms with Crippen molar-refractivity contribution in [3.8, 4) is 5.75 Å². The highest BCUT2D eigenvalue weighted by atomic mass is 35.5. The van der Waals surface area contributed by atoms with Crippen LogP contribution in [0.1, 0.15) is 18.1 Å². The Morgan fingerprint density at radius 2 is 2.00 bits per heavy atom. The van der Waals surface area contributed by atoms with Crippen molar-refractivity contribution >= 4 is 29.1 Å². The van der Waals surface area contributed by atoms with Crippen LogP contribution in [0.25, 0.3) is 0 Å². The molecule has 0 aliphatic heterocycles. The van der Waals surface area contributed by atoms with Gasteiger partial charge in [-0.05, 0) is 49.2 Å². The number of carbonyl (C=O) groups excluding carboxylic acids is 1. The number of nitrogens with one attached hydrogen (secondary N) is 1. The van der Waals surface area contributed by atoms with Gasteiger partial charge in [0, 0.05) is 16.6 Å². The first-order chi connectivity index (χ1) is 10.5. The summed E-state index contributed by atoms with van der Waals surface area (Å²) < 4.78 is 5.63. The quantitative estimate of drug-likeness (QED) is 0.878. The average molecular weight is 338 g/mol. The monoisotopic (exact) mass is 337 g/mol. The zero-order chi connectivity index (χ0) is 16.1. The third-order valence-corrected chi connectivity index (χ3v) is 3.73. The maximum absolute atomic E-state index is 12.1. The van der Waals surface area contributed by atoms with Gasteiger partial charge in [-0.25, -0.2) is 0 Å². The lowest BCUT2D eigenvalue weighted by molar-refractivity contribution is -0.127. The Kier molecular flexibility index (Phi) is 5.69. The van der Waals surface area contributed by atoms with Crippen LogP contribution in [0.2, 0.25) is 10.0 Å². The lowest BCUT2D eigenvalue weighted by atomic mass is 10.2. The van der Waals surface area contributed by atoms with Gasteiger partial charge in [-0.2, -0.15) is 0 Å². The molecule has 1 N–H and O–H groups in total. The van der Waals surface area contributed by atoms with E-state index in [1.165, 1.54) is 0 Å². The Bertz CT molecular complexity index is 673. The molecule has 0 saturated heterocycles. The van der Waals surface area contributed by atoms with Gasteiger partial charge in [0.15, 0.2) is 6.10 Å². The van der Waals surface area contributed by atoms with E-state index in [4.69, 9.17) is 27.9 Å². The van der Waals surface area contributed by atoms with Crippen molar-refractivity contribution in [3.63, 3.8) is 0 Å². The molecule has 0 spiro atoms. The van der Waals surface area contributed by atoms with E-state index < -0.39 is 6.10 Å². The van der Waals surface area contributed by atoms with E-state index in [0.717, 1.165) is 11.1 Å². The summed E-state index contributed by atoms with van der Waals surface area (Å²) in [5.74, 6) is 0.472. The Hall–Kier alpha value is -1.71. The van der Waals surface area contributed by atoms with Gasteiger partial charge in [-0.3, -0.25) is 4.79 Å². The molecule has 2 aromatic carbocycles. The van der Waals surface area contributed by atoms with Crippen molar-refractivity contribution in [1.82, 2.24) is 5.32 Å². The molecular formula is C17H17Cl2NO2. The number of ether oxygens (including phenoxy) is 1. The molecular weight excluding hydrogens is 321 g/mol. The van der Waals surface area contributed by atoms with Crippen molar-refractivity contribution in [1.29, 1.82) is 0 Å². The van der Waals surface area contributed by atoms with Crippen molar-refractivity contribution in [3.05, 3.63) is 63.6 Å². The minimum atomic E-state index is -0.590. The standard InChI is InChI=1S/C17H17Cl2NO2/c1-11-4-3-5-15(8-11)22-12(2)17(21)20-10-13-6-7-14(18)9-16(13)19/h3-9,12H,10H2,1-2H3,(H,20,21)/t12-/m1/s1. The van der Waals surface area contributed by atoms with Gasteiger partial charge >= 0.3 is 0 Å². The summed E-state index contributed by atoms with van der Waals surface area (Å²) in [5, 5.41) is 3.90. The van der Waals surface area contributed by atoms with E-state index in [0.29, 0.717) is 22.3 Å². The molecule has 0 aromatic heterocycles. The molecule has 2 aromatic rings. The minimum Gasteiger partial charge on any atom is -0.481 e. The Morgan fingerprint density at radius 1 is 1.23 bits per heavy atom. The maximum Gasteiger partial charge on any atom is 0.261 e. The summed E-state index contributed by atoms with van der Waals surface area (Å²) in [4.78, 5) is 12.1. The number of aryl methyl sites for hydroxylation is 1. The van der Waals surface area contributed by atoms with Crippen molar-refractivity contribution in [2.45, 2.75) is 26.5 Å². The molecule has 1 amide bonds. The van der Waals surface area contributed by atoms with Crippen molar-refractivity contribution < 1.29 is 9.53 Å². The van der Waals surface area contributed by atoms with E-state index in [2.05, 4.69) is 5.32 Å². The Balaban J connectivity index is 1.91. The fourth-order valence-corrected chi connectivity index (χ4v) is 2.41. The number of hydrogen-bond acceptors (Lipinski definition) is 2. The van der Waals surface area contributed by atoms with E-state index >= 15 is 0 Å². The lowest BCUT2D eigenvalue weighted by Gasteiger charge is -2.15. The number of carbonyl (C=O) groups is 1. The largest absolute Gasteiger partial charge is 0.481 e. The highest BCUT2D eigenvalue weighted by Gasteiger charge is 2.14.